The summed E-state index contributed by atoms with van der Waals surface area (Å²) in [6.07, 6.45) is 2.28. The smallest absolute Gasteiger partial charge is 0.213 e. The Bertz CT molecular complexity index is 620. The third kappa shape index (κ3) is 2.12. The number of rotatable bonds is 3. The van der Waals surface area contributed by atoms with Gasteiger partial charge in [-0.15, -0.1) is 0 Å². The van der Waals surface area contributed by atoms with Crippen molar-refractivity contribution < 1.29 is 17.9 Å². The molecule has 6 heteroatoms. The van der Waals surface area contributed by atoms with E-state index in [2.05, 4.69) is 4.98 Å². The van der Waals surface area contributed by atoms with Crippen LogP contribution < -0.4 is 4.74 Å². The fourth-order valence-electron chi connectivity index (χ4n) is 3.30. The first-order valence-electron chi connectivity index (χ1n) is 6.80. The zero-order chi connectivity index (χ0) is 14.3. The highest BCUT2D eigenvalue weighted by Gasteiger charge is 2.48. The molecule has 0 spiro atoms. The summed E-state index contributed by atoms with van der Waals surface area (Å²) in [6, 6.07) is 5.08. The molecule has 0 aromatic carbocycles. The predicted molar refractivity (Wildman–Crippen MR) is 73.6 cm³/mol. The van der Waals surface area contributed by atoms with Crippen molar-refractivity contribution in [2.24, 2.45) is 5.92 Å². The van der Waals surface area contributed by atoms with Gasteiger partial charge in [-0.05, 0) is 31.7 Å². The lowest BCUT2D eigenvalue weighted by molar-refractivity contribution is 0.0899. The van der Waals surface area contributed by atoms with Gasteiger partial charge in [-0.1, -0.05) is 6.07 Å². The number of carbonyl (C=O) groups excluding carboxylic acids is 1. The van der Waals surface area contributed by atoms with E-state index in [0.29, 0.717) is 37.3 Å². The Morgan fingerprint density at radius 3 is 2.50 bits per heavy atom. The monoisotopic (exact) mass is 295 g/mol. The lowest BCUT2D eigenvalue weighted by Gasteiger charge is -2.26. The van der Waals surface area contributed by atoms with Crippen LogP contribution in [0, 0.1) is 5.92 Å². The van der Waals surface area contributed by atoms with Crippen molar-refractivity contribution in [3.05, 3.63) is 23.9 Å². The number of methoxy groups -OCH3 is 1. The van der Waals surface area contributed by atoms with Crippen LogP contribution in [0.3, 0.4) is 0 Å². The summed E-state index contributed by atoms with van der Waals surface area (Å²) >= 11 is 0. The van der Waals surface area contributed by atoms with Crippen molar-refractivity contribution in [1.82, 2.24) is 4.98 Å². The van der Waals surface area contributed by atoms with Crippen LogP contribution >= 0.6 is 0 Å². The van der Waals surface area contributed by atoms with E-state index in [9.17, 15) is 13.2 Å². The van der Waals surface area contributed by atoms with Gasteiger partial charge in [0, 0.05) is 12.0 Å². The Morgan fingerprint density at radius 1 is 1.25 bits per heavy atom. The Balaban J connectivity index is 1.82. The Kier molecular flexibility index (Phi) is 3.28. The largest absolute Gasteiger partial charge is 0.481 e. The normalized spacial score (nSPS) is 30.9. The van der Waals surface area contributed by atoms with Gasteiger partial charge in [0.25, 0.3) is 0 Å². The Morgan fingerprint density at radius 2 is 1.90 bits per heavy atom. The Labute approximate surface area is 118 Å². The lowest BCUT2D eigenvalue weighted by atomic mass is 9.92. The fraction of sp³-hybridized carbons (Fsp3) is 0.571. The van der Waals surface area contributed by atoms with Crippen LogP contribution in [0.15, 0.2) is 18.2 Å². The quantitative estimate of drug-likeness (QED) is 0.792. The Hall–Kier alpha value is -1.43. The maximum absolute atomic E-state index is 12.5. The van der Waals surface area contributed by atoms with Gasteiger partial charge >= 0.3 is 0 Å². The van der Waals surface area contributed by atoms with Crippen molar-refractivity contribution in [2.75, 3.05) is 7.11 Å². The van der Waals surface area contributed by atoms with Crippen molar-refractivity contribution in [3.8, 4) is 5.88 Å². The van der Waals surface area contributed by atoms with Crippen LogP contribution in [-0.2, 0) is 9.84 Å². The summed E-state index contributed by atoms with van der Waals surface area (Å²) in [7, 11) is -1.48. The zero-order valence-corrected chi connectivity index (χ0v) is 12.1. The fourth-order valence-corrected chi connectivity index (χ4v) is 5.77. The molecule has 0 radical (unpaired) electrons. The van der Waals surface area contributed by atoms with Crippen LogP contribution in [0.25, 0.3) is 0 Å². The molecule has 5 nitrogen and oxygen atoms in total. The summed E-state index contributed by atoms with van der Waals surface area (Å²) in [6.45, 7) is 0. The molecule has 0 amide bonds. The van der Waals surface area contributed by atoms with Gasteiger partial charge < -0.3 is 4.74 Å². The van der Waals surface area contributed by atoms with Crippen LogP contribution in [0.4, 0.5) is 0 Å². The first-order valence-corrected chi connectivity index (χ1v) is 8.41. The summed E-state index contributed by atoms with van der Waals surface area (Å²) in [5, 5.41) is -0.665. The SMILES string of the molecule is COc1cccc(C(=O)C2CC3CCC(C2)S3(=O)=O)n1. The first kappa shape index (κ1) is 13.5. The maximum Gasteiger partial charge on any atom is 0.213 e. The van der Waals surface area contributed by atoms with Gasteiger partial charge in [0.05, 0.1) is 17.6 Å². The third-order valence-corrected chi connectivity index (χ3v) is 7.11. The molecule has 2 unspecified atom stereocenters. The van der Waals surface area contributed by atoms with Crippen molar-refractivity contribution in [3.63, 3.8) is 0 Å². The predicted octanol–water partition coefficient (Wildman–Crippen LogP) is 1.63. The van der Waals surface area contributed by atoms with E-state index in [1.807, 2.05) is 0 Å². The molecule has 0 aliphatic carbocycles. The minimum atomic E-state index is -2.99. The average molecular weight is 295 g/mol. The van der Waals surface area contributed by atoms with Gasteiger partial charge in [0.1, 0.15) is 5.69 Å². The molecule has 2 atom stereocenters. The summed E-state index contributed by atoms with van der Waals surface area (Å²) in [4.78, 5) is 16.6. The number of hydrogen-bond donors (Lipinski definition) is 0. The first-order chi connectivity index (χ1) is 9.52. The average Bonchev–Trinajstić information content (AvgIpc) is 2.66. The molecule has 2 fully saturated rings. The molecule has 20 heavy (non-hydrogen) atoms. The summed E-state index contributed by atoms with van der Waals surface area (Å²) < 4.78 is 29.1. The standard InChI is InChI=1S/C14H17NO4S/c1-19-13-4-2-3-12(15-13)14(16)9-7-10-5-6-11(8-9)20(10,17)18/h2-4,9-11H,5-8H2,1H3. The van der Waals surface area contributed by atoms with E-state index in [4.69, 9.17) is 4.74 Å². The molecule has 3 rings (SSSR count). The van der Waals surface area contributed by atoms with Crippen molar-refractivity contribution in [1.29, 1.82) is 0 Å². The van der Waals surface area contributed by atoms with E-state index in [1.165, 1.54) is 7.11 Å². The summed E-state index contributed by atoms with van der Waals surface area (Å²) in [5.41, 5.74) is 0.369. The second-order valence-electron chi connectivity index (χ2n) is 5.51. The highest BCUT2D eigenvalue weighted by molar-refractivity contribution is 7.93. The van der Waals surface area contributed by atoms with Gasteiger partial charge in [-0.2, -0.15) is 0 Å². The molecule has 2 aliphatic heterocycles. The minimum Gasteiger partial charge on any atom is -0.481 e. The van der Waals surface area contributed by atoms with Crippen LogP contribution in [0.2, 0.25) is 0 Å². The number of ketones is 1. The molecule has 2 aliphatic rings. The molecule has 0 N–H and O–H groups in total. The van der Waals surface area contributed by atoms with E-state index in [0.717, 1.165) is 0 Å². The lowest BCUT2D eigenvalue weighted by Crippen LogP contribution is -2.36. The number of fused-ring (bicyclic) bond motifs is 2. The minimum absolute atomic E-state index is 0.0595. The second-order valence-corrected chi connectivity index (χ2v) is 8.02. The zero-order valence-electron chi connectivity index (χ0n) is 11.3. The van der Waals surface area contributed by atoms with Gasteiger partial charge in [-0.25, -0.2) is 13.4 Å². The van der Waals surface area contributed by atoms with Crippen LogP contribution in [-0.4, -0.2) is 36.8 Å². The molecule has 1 aromatic heterocycles. The molecule has 2 saturated heterocycles. The van der Waals surface area contributed by atoms with E-state index in [-0.39, 0.29) is 22.2 Å². The maximum atomic E-state index is 12.5. The van der Waals surface area contributed by atoms with Crippen LogP contribution in [0.5, 0.6) is 5.88 Å². The topological polar surface area (TPSA) is 73.3 Å². The van der Waals surface area contributed by atoms with Crippen molar-refractivity contribution in [2.45, 2.75) is 36.2 Å². The highest BCUT2D eigenvalue weighted by Crippen LogP contribution is 2.42. The van der Waals surface area contributed by atoms with Gasteiger partial charge in [-0.3, -0.25) is 4.79 Å². The van der Waals surface area contributed by atoms with E-state index in [1.54, 1.807) is 18.2 Å². The number of ether oxygens (including phenoxy) is 1. The number of pyridine rings is 1. The number of sulfone groups is 1. The van der Waals surface area contributed by atoms with Crippen LogP contribution in [0.1, 0.15) is 36.2 Å². The molecule has 108 valence electrons. The molecule has 1 aromatic rings. The van der Waals surface area contributed by atoms with E-state index >= 15 is 0 Å². The number of aromatic nitrogens is 1. The number of nitrogens with zero attached hydrogens (tertiary/aromatic N) is 1. The highest BCUT2D eigenvalue weighted by atomic mass is 32.2. The molecule has 2 bridgehead atoms. The molecule has 0 saturated carbocycles. The number of hydrogen-bond acceptors (Lipinski definition) is 5. The van der Waals surface area contributed by atoms with Gasteiger partial charge in [0.2, 0.25) is 5.88 Å². The second kappa shape index (κ2) is 4.84. The van der Waals surface area contributed by atoms with Crippen molar-refractivity contribution >= 4 is 15.6 Å². The number of Topliss-reactive ketones (excluding diaryl/α,β-unsaturated/α-hetero) is 1. The molecule has 3 heterocycles. The summed E-state index contributed by atoms with van der Waals surface area (Å²) in [5.74, 6) is 0.119. The van der Waals surface area contributed by atoms with E-state index < -0.39 is 9.84 Å². The van der Waals surface area contributed by atoms with Gasteiger partial charge in [0.15, 0.2) is 15.6 Å². The number of carbonyl (C=O) groups is 1. The third-order valence-electron chi connectivity index (χ3n) is 4.39. The molecular formula is C14H17NO4S. The molecular weight excluding hydrogens is 278 g/mol.